The van der Waals surface area contributed by atoms with Crippen LogP contribution in [0.1, 0.15) is 36.2 Å². The van der Waals surface area contributed by atoms with Crippen molar-refractivity contribution in [1.29, 1.82) is 0 Å². The molecule has 1 aliphatic heterocycles. The average Bonchev–Trinajstić information content (AvgIpc) is 2.72. The van der Waals surface area contributed by atoms with Gasteiger partial charge < -0.3 is 10.1 Å². The number of hydrogen-bond donors (Lipinski definition) is 1. The average molecular weight is 435 g/mol. The fourth-order valence-corrected chi connectivity index (χ4v) is 5.71. The van der Waals surface area contributed by atoms with Crippen LogP contribution in [0.4, 0.5) is 4.39 Å². The summed E-state index contributed by atoms with van der Waals surface area (Å²) in [4.78, 5) is 12.6. The molecular weight excluding hydrogens is 407 g/mol. The molecule has 1 saturated heterocycles. The molecule has 2 aromatic carbocycles. The molecule has 1 heterocycles. The van der Waals surface area contributed by atoms with E-state index < -0.39 is 15.9 Å². The summed E-state index contributed by atoms with van der Waals surface area (Å²) >= 11 is 0. The first-order valence-corrected chi connectivity index (χ1v) is 11.4. The molecule has 0 radical (unpaired) electrons. The fraction of sp³-hybridized carbons (Fsp3) is 0.409. The summed E-state index contributed by atoms with van der Waals surface area (Å²) in [6.07, 6.45) is 0.981. The lowest BCUT2D eigenvalue weighted by molar-refractivity contribution is 0.0950. The van der Waals surface area contributed by atoms with Crippen molar-refractivity contribution < 1.29 is 22.3 Å². The largest absolute Gasteiger partial charge is 0.495 e. The van der Waals surface area contributed by atoms with Crippen LogP contribution in [0.25, 0.3) is 0 Å². The van der Waals surface area contributed by atoms with Crippen molar-refractivity contribution in [3.05, 3.63) is 59.4 Å². The fourth-order valence-electron chi connectivity index (χ4n) is 3.85. The molecule has 30 heavy (non-hydrogen) atoms. The Hall–Kier alpha value is -2.45. The minimum Gasteiger partial charge on any atom is -0.495 e. The number of hydrogen-bond acceptors (Lipinski definition) is 4. The van der Waals surface area contributed by atoms with Crippen LogP contribution >= 0.6 is 0 Å². The number of piperidine rings is 1. The van der Waals surface area contributed by atoms with Gasteiger partial charge in [0.15, 0.2) is 0 Å². The summed E-state index contributed by atoms with van der Waals surface area (Å²) in [6, 6.07) is 10.2. The van der Waals surface area contributed by atoms with Crippen LogP contribution in [0.5, 0.6) is 5.75 Å². The standard InChI is InChI=1S/C22H27FN2O4S/c1-15-10-16(2)14-25(13-15)30(27,28)21-11-18(6-9-20(21)29-3)22(26)24-12-17-4-7-19(23)8-5-17/h4-9,11,15-16H,10,12-14H2,1-3H3,(H,24,26). The summed E-state index contributed by atoms with van der Waals surface area (Å²) in [6.45, 7) is 5.16. The van der Waals surface area contributed by atoms with Crippen LogP contribution in [-0.2, 0) is 16.6 Å². The Morgan fingerprint density at radius 3 is 2.37 bits per heavy atom. The Morgan fingerprint density at radius 1 is 1.13 bits per heavy atom. The van der Waals surface area contributed by atoms with Gasteiger partial charge in [-0.1, -0.05) is 26.0 Å². The highest BCUT2D eigenvalue weighted by molar-refractivity contribution is 7.89. The molecule has 1 amide bonds. The maximum Gasteiger partial charge on any atom is 0.251 e. The van der Waals surface area contributed by atoms with Crippen molar-refractivity contribution in [2.45, 2.75) is 31.7 Å². The van der Waals surface area contributed by atoms with E-state index in [1.165, 1.54) is 41.7 Å². The summed E-state index contributed by atoms with van der Waals surface area (Å²) < 4.78 is 46.4. The number of benzene rings is 2. The SMILES string of the molecule is COc1ccc(C(=O)NCc2ccc(F)cc2)cc1S(=O)(=O)N1CC(C)CC(C)C1. The predicted molar refractivity (Wildman–Crippen MR) is 112 cm³/mol. The quantitative estimate of drug-likeness (QED) is 0.756. The Bertz CT molecular complexity index is 998. The van der Waals surface area contributed by atoms with Gasteiger partial charge in [-0.3, -0.25) is 4.79 Å². The number of nitrogens with one attached hydrogen (secondary N) is 1. The predicted octanol–water partition coefficient (Wildman–Crippen LogP) is 3.43. The van der Waals surface area contributed by atoms with Crippen LogP contribution in [-0.4, -0.2) is 38.8 Å². The van der Waals surface area contributed by atoms with E-state index in [1.54, 1.807) is 12.1 Å². The number of ether oxygens (including phenoxy) is 1. The molecule has 3 rings (SSSR count). The van der Waals surface area contributed by atoms with Gasteiger partial charge in [0.05, 0.1) is 7.11 Å². The first-order chi connectivity index (χ1) is 14.2. The number of carbonyl (C=O) groups is 1. The summed E-state index contributed by atoms with van der Waals surface area (Å²) in [7, 11) is -2.41. The molecular formula is C22H27FN2O4S. The van der Waals surface area contributed by atoms with Crippen LogP contribution in [0.2, 0.25) is 0 Å². The lowest BCUT2D eigenvalue weighted by atomic mass is 9.94. The van der Waals surface area contributed by atoms with Crippen molar-refractivity contribution in [1.82, 2.24) is 9.62 Å². The molecule has 0 aliphatic carbocycles. The van der Waals surface area contributed by atoms with Gasteiger partial charge in [0.2, 0.25) is 10.0 Å². The zero-order chi connectivity index (χ0) is 21.9. The van der Waals surface area contributed by atoms with Gasteiger partial charge in [-0.25, -0.2) is 12.8 Å². The zero-order valence-corrected chi connectivity index (χ0v) is 18.2. The number of sulfonamides is 1. The van der Waals surface area contributed by atoms with E-state index in [0.29, 0.717) is 13.1 Å². The maximum atomic E-state index is 13.3. The number of methoxy groups -OCH3 is 1. The van der Waals surface area contributed by atoms with Crippen molar-refractivity contribution >= 4 is 15.9 Å². The van der Waals surface area contributed by atoms with E-state index in [0.717, 1.165) is 12.0 Å². The molecule has 1 aliphatic rings. The molecule has 1 N–H and O–H groups in total. The van der Waals surface area contributed by atoms with E-state index >= 15 is 0 Å². The highest BCUT2D eigenvalue weighted by Gasteiger charge is 2.34. The molecule has 0 bridgehead atoms. The number of carbonyl (C=O) groups excluding carboxylic acids is 1. The van der Waals surface area contributed by atoms with Gasteiger partial charge in [0, 0.05) is 25.2 Å². The molecule has 162 valence electrons. The van der Waals surface area contributed by atoms with Crippen molar-refractivity contribution in [2.24, 2.45) is 11.8 Å². The van der Waals surface area contributed by atoms with Crippen molar-refractivity contribution in [3.8, 4) is 5.75 Å². The third-order valence-corrected chi connectivity index (χ3v) is 7.10. The van der Waals surface area contributed by atoms with E-state index in [4.69, 9.17) is 4.74 Å². The molecule has 0 aromatic heterocycles. The van der Waals surface area contributed by atoms with Crippen molar-refractivity contribution in [2.75, 3.05) is 20.2 Å². The molecule has 2 aromatic rings. The second-order valence-electron chi connectivity index (χ2n) is 7.94. The van der Waals surface area contributed by atoms with Gasteiger partial charge in [0.1, 0.15) is 16.5 Å². The number of nitrogens with zero attached hydrogens (tertiary/aromatic N) is 1. The molecule has 6 nitrogen and oxygen atoms in total. The van der Waals surface area contributed by atoms with E-state index in [-0.39, 0.29) is 40.4 Å². The maximum absolute atomic E-state index is 13.3. The summed E-state index contributed by atoms with van der Waals surface area (Å²) in [5.74, 6) is -0.0420. The van der Waals surface area contributed by atoms with Gasteiger partial charge in [-0.05, 0) is 54.2 Å². The topological polar surface area (TPSA) is 75.7 Å². The van der Waals surface area contributed by atoms with E-state index in [9.17, 15) is 17.6 Å². The lowest BCUT2D eigenvalue weighted by Gasteiger charge is -2.34. The third-order valence-electron chi connectivity index (χ3n) is 5.25. The Labute approximate surface area is 177 Å². The second-order valence-corrected chi connectivity index (χ2v) is 9.85. The van der Waals surface area contributed by atoms with Gasteiger partial charge in [0.25, 0.3) is 5.91 Å². The van der Waals surface area contributed by atoms with Crippen molar-refractivity contribution in [3.63, 3.8) is 0 Å². The number of halogens is 1. The normalized spacial score (nSPS) is 20.0. The third kappa shape index (κ3) is 4.99. The first kappa shape index (κ1) is 22.2. The first-order valence-electron chi connectivity index (χ1n) is 9.91. The van der Waals surface area contributed by atoms with Crippen LogP contribution in [0.3, 0.4) is 0 Å². The second kappa shape index (κ2) is 9.14. The summed E-state index contributed by atoms with van der Waals surface area (Å²) in [5.41, 5.74) is 0.956. The summed E-state index contributed by atoms with van der Waals surface area (Å²) in [5, 5.41) is 2.73. The molecule has 0 spiro atoms. The highest BCUT2D eigenvalue weighted by Crippen LogP contribution is 2.32. The minimum absolute atomic E-state index is 0.0132. The molecule has 0 saturated carbocycles. The Morgan fingerprint density at radius 2 is 1.77 bits per heavy atom. The molecule has 8 heteroatoms. The van der Waals surface area contributed by atoms with Gasteiger partial charge in [-0.15, -0.1) is 0 Å². The molecule has 2 unspecified atom stereocenters. The van der Waals surface area contributed by atoms with E-state index in [1.807, 2.05) is 13.8 Å². The molecule has 1 fully saturated rings. The number of amides is 1. The number of rotatable bonds is 6. The minimum atomic E-state index is -3.81. The van der Waals surface area contributed by atoms with E-state index in [2.05, 4.69) is 5.32 Å². The molecule has 2 atom stereocenters. The Balaban J connectivity index is 1.83. The lowest BCUT2D eigenvalue weighted by Crippen LogP contribution is -2.42. The Kier molecular flexibility index (Phi) is 6.77. The van der Waals surface area contributed by atoms with Crippen LogP contribution in [0.15, 0.2) is 47.4 Å². The van der Waals surface area contributed by atoms with Crippen LogP contribution in [0, 0.1) is 17.7 Å². The van der Waals surface area contributed by atoms with Gasteiger partial charge >= 0.3 is 0 Å². The smallest absolute Gasteiger partial charge is 0.251 e. The monoisotopic (exact) mass is 434 g/mol. The van der Waals surface area contributed by atoms with Crippen LogP contribution < -0.4 is 10.1 Å². The zero-order valence-electron chi connectivity index (χ0n) is 17.4. The highest BCUT2D eigenvalue weighted by atomic mass is 32.2. The van der Waals surface area contributed by atoms with Gasteiger partial charge in [-0.2, -0.15) is 4.31 Å².